The molecule has 0 aromatic rings. The third kappa shape index (κ3) is 7.26. The van der Waals surface area contributed by atoms with Crippen LogP contribution in [0.2, 0.25) is 0 Å². The predicted molar refractivity (Wildman–Crippen MR) is 195 cm³/mol. The average Bonchev–Trinajstić information content (AvgIpc) is 3.44. The molecule has 4 aliphatic carbocycles. The fraction of sp³-hybridized carbons (Fsp3) is 0.902. The Morgan fingerprint density at radius 2 is 1.60 bits per heavy atom. The van der Waals surface area contributed by atoms with Gasteiger partial charge in [0.1, 0.15) is 43.2 Å². The van der Waals surface area contributed by atoms with Gasteiger partial charge in [-0.2, -0.15) is 0 Å². The van der Waals surface area contributed by atoms with Crippen molar-refractivity contribution in [2.45, 2.75) is 175 Å². The van der Waals surface area contributed by atoms with Gasteiger partial charge in [0.2, 0.25) is 0 Å². The summed E-state index contributed by atoms with van der Waals surface area (Å²) in [6.45, 7) is 19.4. The minimum absolute atomic E-state index is 0.0612. The van der Waals surface area contributed by atoms with Crippen LogP contribution in [0.25, 0.3) is 0 Å². The molecule has 0 bridgehead atoms. The molecule has 5 rings (SSSR count). The lowest BCUT2D eigenvalue weighted by Gasteiger charge is -2.69. The summed E-state index contributed by atoms with van der Waals surface area (Å²) in [6, 6.07) is 0. The van der Waals surface area contributed by atoms with E-state index in [1.54, 1.807) is 13.8 Å². The molecule has 5 aliphatic rings. The number of aliphatic hydroxyl groups excluding tert-OH is 5. The normalized spacial score (nSPS) is 44.0. The molecule has 0 amide bonds. The molecule has 12 heteroatoms. The van der Waals surface area contributed by atoms with Crippen molar-refractivity contribution in [3.8, 4) is 0 Å². The van der Waals surface area contributed by atoms with Gasteiger partial charge in [-0.15, -0.1) is 0 Å². The standard InChI is InChI=1S/C41H68O12/c1-21(18-25(44)35(48)38(6,7)49-11)24-12-13-27-39(24,8)16-14-28-40(9)17-15-30(51-23(3)43)37(4,5)29(40)19-31(41(27,28)10)53-36-34(47)33(46)32(45)26(52-36)20-50-22(2)42/h13,21,24-26,28-36,44-48H,12,14-20H2,1-11H3/t21-,24-,25+,26?,28?,29?,30+,31+,32?,33?,34?,35-,36?,39-,40+,41-/m0/s1. The van der Waals surface area contributed by atoms with Gasteiger partial charge < -0.3 is 49.2 Å². The molecule has 0 radical (unpaired) electrons. The summed E-state index contributed by atoms with van der Waals surface area (Å²) in [5.41, 5.74) is -0.954. The largest absolute Gasteiger partial charge is 0.463 e. The van der Waals surface area contributed by atoms with Crippen LogP contribution in [0.4, 0.5) is 0 Å². The van der Waals surface area contributed by atoms with Gasteiger partial charge >= 0.3 is 11.9 Å². The van der Waals surface area contributed by atoms with Gasteiger partial charge in [-0.05, 0) is 93.3 Å². The number of rotatable bonds is 11. The van der Waals surface area contributed by atoms with Crippen LogP contribution in [0.3, 0.4) is 0 Å². The highest BCUT2D eigenvalue weighted by molar-refractivity contribution is 5.66. The molecular formula is C41H68O12. The number of aliphatic hydroxyl groups is 5. The van der Waals surface area contributed by atoms with Crippen LogP contribution < -0.4 is 0 Å². The highest BCUT2D eigenvalue weighted by atomic mass is 16.7. The molecule has 7 unspecified atom stereocenters. The van der Waals surface area contributed by atoms with Crippen molar-refractivity contribution in [2.24, 2.45) is 45.3 Å². The van der Waals surface area contributed by atoms with E-state index in [1.807, 2.05) is 0 Å². The molecule has 1 aliphatic heterocycles. The maximum Gasteiger partial charge on any atom is 0.302 e. The summed E-state index contributed by atoms with van der Waals surface area (Å²) in [5, 5.41) is 55.2. The minimum atomic E-state index is -1.59. The van der Waals surface area contributed by atoms with E-state index in [1.165, 1.54) is 26.5 Å². The maximum atomic E-state index is 12.3. The molecule has 1 saturated heterocycles. The first-order valence-corrected chi connectivity index (χ1v) is 19.7. The first-order chi connectivity index (χ1) is 24.5. The van der Waals surface area contributed by atoms with Gasteiger partial charge in [-0.25, -0.2) is 0 Å². The molecule has 16 atom stereocenters. The van der Waals surface area contributed by atoms with Crippen LogP contribution in [0.5, 0.6) is 0 Å². The van der Waals surface area contributed by atoms with Crippen molar-refractivity contribution in [2.75, 3.05) is 13.7 Å². The maximum absolute atomic E-state index is 12.3. The lowest BCUT2D eigenvalue weighted by Crippen LogP contribution is -2.67. The highest BCUT2D eigenvalue weighted by Gasteiger charge is 2.69. The van der Waals surface area contributed by atoms with Gasteiger partial charge in [-0.3, -0.25) is 9.59 Å². The second kappa shape index (κ2) is 15.0. The number of carbonyl (C=O) groups excluding carboxylic acids is 2. The fourth-order valence-corrected chi connectivity index (χ4v) is 12.2. The Labute approximate surface area is 315 Å². The van der Waals surface area contributed by atoms with Gasteiger partial charge in [-0.1, -0.05) is 53.2 Å². The lowest BCUT2D eigenvalue weighted by atomic mass is 9.37. The van der Waals surface area contributed by atoms with Crippen LogP contribution in [0.1, 0.15) is 114 Å². The Bertz CT molecular complexity index is 1380. The number of carbonyl (C=O) groups is 2. The van der Waals surface area contributed by atoms with Crippen molar-refractivity contribution in [1.82, 2.24) is 0 Å². The summed E-state index contributed by atoms with van der Waals surface area (Å²) in [7, 11) is 1.53. The number of ether oxygens (including phenoxy) is 5. The van der Waals surface area contributed by atoms with E-state index in [-0.39, 0.29) is 53.2 Å². The first-order valence-electron chi connectivity index (χ1n) is 19.7. The molecule has 0 aromatic carbocycles. The van der Waals surface area contributed by atoms with Crippen molar-refractivity contribution < 1.29 is 58.8 Å². The summed E-state index contributed by atoms with van der Waals surface area (Å²) in [5.74, 6) is -0.410. The van der Waals surface area contributed by atoms with Crippen LogP contribution in [0.15, 0.2) is 11.6 Å². The van der Waals surface area contributed by atoms with Crippen molar-refractivity contribution in [1.29, 1.82) is 0 Å². The molecule has 304 valence electrons. The number of methoxy groups -OCH3 is 1. The Morgan fingerprint density at radius 3 is 2.21 bits per heavy atom. The molecule has 0 aromatic heterocycles. The predicted octanol–water partition coefficient (Wildman–Crippen LogP) is 4.06. The Hall–Kier alpha value is -1.64. The lowest BCUT2D eigenvalue weighted by molar-refractivity contribution is -0.334. The zero-order chi connectivity index (χ0) is 39.6. The Morgan fingerprint density at radius 1 is 0.943 bits per heavy atom. The monoisotopic (exact) mass is 752 g/mol. The molecule has 3 saturated carbocycles. The van der Waals surface area contributed by atoms with E-state index >= 15 is 0 Å². The van der Waals surface area contributed by atoms with Gasteiger partial charge in [0.05, 0.1) is 17.8 Å². The first kappa shape index (κ1) is 42.5. The van der Waals surface area contributed by atoms with E-state index in [0.29, 0.717) is 12.8 Å². The van der Waals surface area contributed by atoms with E-state index in [0.717, 1.165) is 32.1 Å². The van der Waals surface area contributed by atoms with Crippen LogP contribution >= 0.6 is 0 Å². The number of fused-ring (bicyclic) bond motifs is 5. The quantitative estimate of drug-likeness (QED) is 0.116. The number of esters is 2. The van der Waals surface area contributed by atoms with E-state index in [9.17, 15) is 35.1 Å². The fourth-order valence-electron chi connectivity index (χ4n) is 12.2. The smallest absolute Gasteiger partial charge is 0.302 e. The number of hydrogen-bond acceptors (Lipinski definition) is 12. The van der Waals surface area contributed by atoms with Gasteiger partial charge in [0, 0.05) is 31.8 Å². The Kier molecular flexibility index (Phi) is 12.1. The second-order valence-electron chi connectivity index (χ2n) is 19.0. The molecule has 53 heavy (non-hydrogen) atoms. The van der Waals surface area contributed by atoms with E-state index in [2.05, 4.69) is 47.6 Å². The molecule has 12 nitrogen and oxygen atoms in total. The number of allylic oxidation sites excluding steroid dienone is 1. The van der Waals surface area contributed by atoms with Crippen molar-refractivity contribution in [3.05, 3.63) is 11.6 Å². The molecule has 4 fully saturated rings. The minimum Gasteiger partial charge on any atom is -0.463 e. The Balaban J connectivity index is 1.52. The van der Waals surface area contributed by atoms with E-state index < -0.39 is 71.4 Å². The zero-order valence-corrected chi connectivity index (χ0v) is 33.8. The summed E-state index contributed by atoms with van der Waals surface area (Å²) >= 11 is 0. The zero-order valence-electron chi connectivity index (χ0n) is 33.8. The van der Waals surface area contributed by atoms with Gasteiger partial charge in [0.25, 0.3) is 0 Å². The molecular weight excluding hydrogens is 684 g/mol. The van der Waals surface area contributed by atoms with Crippen LogP contribution in [-0.4, -0.2) is 112 Å². The van der Waals surface area contributed by atoms with Crippen molar-refractivity contribution >= 4 is 11.9 Å². The van der Waals surface area contributed by atoms with Crippen LogP contribution in [0, 0.1) is 45.3 Å². The third-order valence-electron chi connectivity index (χ3n) is 15.3. The van der Waals surface area contributed by atoms with Crippen molar-refractivity contribution in [3.63, 3.8) is 0 Å². The summed E-state index contributed by atoms with van der Waals surface area (Å²) < 4.78 is 29.7. The number of hydrogen-bond donors (Lipinski definition) is 5. The highest BCUT2D eigenvalue weighted by Crippen LogP contribution is 2.74. The molecule has 5 N–H and O–H groups in total. The third-order valence-corrected chi connectivity index (χ3v) is 15.3. The van der Waals surface area contributed by atoms with Crippen LogP contribution in [-0.2, 0) is 33.3 Å². The molecule has 0 spiro atoms. The van der Waals surface area contributed by atoms with E-state index in [4.69, 9.17) is 23.7 Å². The second-order valence-corrected chi connectivity index (χ2v) is 19.0. The summed E-state index contributed by atoms with van der Waals surface area (Å²) in [6.07, 6.45) is -2.29. The topological polar surface area (TPSA) is 181 Å². The average molecular weight is 753 g/mol. The van der Waals surface area contributed by atoms with Gasteiger partial charge in [0.15, 0.2) is 6.29 Å². The summed E-state index contributed by atoms with van der Waals surface area (Å²) in [4.78, 5) is 23.9. The SMILES string of the molecule is COC(C)(C)[C@@H](O)[C@H](O)C[C@H](C)[C@@H]1CC=C2[C@@]3(C)C(CC[C@]21C)[C@@]1(C)CC[C@@H](OC(C)=O)C(C)(C)C1C[C@H]3OC1OC(COC(C)=O)C(O)C(O)C1O. The molecule has 1 heterocycles.